The molecule has 21 heavy (non-hydrogen) atoms. The van der Waals surface area contributed by atoms with Gasteiger partial charge in [-0.1, -0.05) is 15.9 Å². The molecule has 0 spiro atoms. The van der Waals surface area contributed by atoms with Gasteiger partial charge in [-0.25, -0.2) is 9.78 Å². The molecule has 2 aromatic rings. The van der Waals surface area contributed by atoms with Crippen molar-refractivity contribution < 1.29 is 14.6 Å². The number of carbonyl (C=O) groups is 1. The van der Waals surface area contributed by atoms with Crippen LogP contribution in [0.4, 0.5) is 5.82 Å². The second-order valence-corrected chi connectivity index (χ2v) is 5.66. The van der Waals surface area contributed by atoms with Crippen LogP contribution in [0.3, 0.4) is 0 Å². The molecule has 2 N–H and O–H groups in total. The predicted molar refractivity (Wildman–Crippen MR) is 81.9 cm³/mol. The van der Waals surface area contributed by atoms with Crippen molar-refractivity contribution in [1.82, 2.24) is 4.98 Å². The summed E-state index contributed by atoms with van der Waals surface area (Å²) in [6, 6.07) is 7.04. The molecule has 3 rings (SSSR count). The highest BCUT2D eigenvalue weighted by atomic mass is 79.9. The van der Waals surface area contributed by atoms with Gasteiger partial charge in [-0.05, 0) is 29.8 Å². The van der Waals surface area contributed by atoms with Crippen LogP contribution >= 0.6 is 15.9 Å². The van der Waals surface area contributed by atoms with E-state index in [0.717, 1.165) is 22.2 Å². The van der Waals surface area contributed by atoms with Gasteiger partial charge in [-0.3, -0.25) is 0 Å². The number of nitrogens with one attached hydrogen (secondary N) is 1. The molecule has 0 amide bonds. The number of benzene rings is 1. The number of hydrogen-bond acceptors (Lipinski definition) is 4. The highest BCUT2D eigenvalue weighted by molar-refractivity contribution is 9.10. The first-order valence-electron chi connectivity index (χ1n) is 6.51. The molecule has 0 saturated heterocycles. The van der Waals surface area contributed by atoms with E-state index < -0.39 is 5.97 Å². The van der Waals surface area contributed by atoms with Gasteiger partial charge in [0.25, 0.3) is 0 Å². The third-order valence-corrected chi connectivity index (χ3v) is 3.75. The van der Waals surface area contributed by atoms with E-state index in [0.29, 0.717) is 19.0 Å². The fourth-order valence-corrected chi connectivity index (χ4v) is 2.88. The number of aromatic nitrogens is 1. The van der Waals surface area contributed by atoms with E-state index in [4.69, 9.17) is 9.84 Å². The molecule has 1 aliphatic rings. The lowest BCUT2D eigenvalue weighted by atomic mass is 10.1. The molecule has 1 aromatic carbocycles. The summed E-state index contributed by atoms with van der Waals surface area (Å²) in [5, 5.41) is 12.1. The van der Waals surface area contributed by atoms with Crippen molar-refractivity contribution in [2.45, 2.75) is 13.0 Å². The molecular weight excluding hydrogens is 336 g/mol. The first-order valence-corrected chi connectivity index (χ1v) is 7.30. The Morgan fingerprint density at radius 2 is 2.29 bits per heavy atom. The van der Waals surface area contributed by atoms with E-state index in [-0.39, 0.29) is 5.56 Å². The SMILES string of the molecule is O=C(O)c1ccnc(NCc2cc(Br)cc3c2OCC3)c1. The maximum atomic E-state index is 10.9. The van der Waals surface area contributed by atoms with Crippen molar-refractivity contribution in [3.8, 4) is 5.75 Å². The van der Waals surface area contributed by atoms with Crippen molar-refractivity contribution in [3.63, 3.8) is 0 Å². The van der Waals surface area contributed by atoms with Crippen LogP contribution in [0.25, 0.3) is 0 Å². The summed E-state index contributed by atoms with van der Waals surface area (Å²) in [5.41, 5.74) is 2.43. The van der Waals surface area contributed by atoms with Gasteiger partial charge in [-0.2, -0.15) is 0 Å². The lowest BCUT2D eigenvalue weighted by molar-refractivity contribution is 0.0697. The van der Waals surface area contributed by atoms with Crippen LogP contribution < -0.4 is 10.1 Å². The summed E-state index contributed by atoms with van der Waals surface area (Å²) in [7, 11) is 0. The maximum absolute atomic E-state index is 10.9. The molecule has 0 unspecified atom stereocenters. The number of carboxylic acid groups (broad SMARTS) is 1. The van der Waals surface area contributed by atoms with Crippen LogP contribution in [0, 0.1) is 0 Å². The highest BCUT2D eigenvalue weighted by Crippen LogP contribution is 2.33. The molecule has 1 aromatic heterocycles. The first-order chi connectivity index (χ1) is 10.1. The van der Waals surface area contributed by atoms with Gasteiger partial charge in [0, 0.05) is 29.2 Å². The molecule has 0 aliphatic carbocycles. The van der Waals surface area contributed by atoms with E-state index in [1.54, 1.807) is 0 Å². The minimum atomic E-state index is -0.966. The predicted octanol–water partition coefficient (Wildman–Crippen LogP) is 3.09. The Labute approximate surface area is 130 Å². The number of pyridine rings is 1. The van der Waals surface area contributed by atoms with Crippen LogP contribution in [-0.2, 0) is 13.0 Å². The number of nitrogens with zero attached hydrogens (tertiary/aromatic N) is 1. The van der Waals surface area contributed by atoms with Gasteiger partial charge < -0.3 is 15.2 Å². The molecule has 5 nitrogen and oxygen atoms in total. The minimum absolute atomic E-state index is 0.211. The summed E-state index contributed by atoms with van der Waals surface area (Å²) in [5.74, 6) is 0.480. The average molecular weight is 349 g/mol. The summed E-state index contributed by atoms with van der Waals surface area (Å²) in [6.07, 6.45) is 2.39. The Morgan fingerprint density at radius 1 is 1.43 bits per heavy atom. The van der Waals surface area contributed by atoms with Gasteiger partial charge in [0.2, 0.25) is 0 Å². The number of ether oxygens (including phenoxy) is 1. The topological polar surface area (TPSA) is 71.5 Å². The second kappa shape index (κ2) is 5.73. The zero-order chi connectivity index (χ0) is 14.8. The standard InChI is InChI=1S/C15H13BrN2O3/c16-12-5-9-2-4-21-14(9)11(6-12)8-18-13-7-10(15(19)20)1-3-17-13/h1,3,5-7H,2,4,8H2,(H,17,18)(H,19,20). The van der Waals surface area contributed by atoms with E-state index in [9.17, 15) is 4.79 Å². The smallest absolute Gasteiger partial charge is 0.335 e. The summed E-state index contributed by atoms with van der Waals surface area (Å²) < 4.78 is 6.67. The number of hydrogen-bond donors (Lipinski definition) is 2. The molecule has 0 fully saturated rings. The Hall–Kier alpha value is -2.08. The van der Waals surface area contributed by atoms with Crippen LogP contribution in [0.5, 0.6) is 5.75 Å². The second-order valence-electron chi connectivity index (χ2n) is 4.74. The zero-order valence-corrected chi connectivity index (χ0v) is 12.7. The molecule has 6 heteroatoms. The van der Waals surface area contributed by atoms with Gasteiger partial charge >= 0.3 is 5.97 Å². The molecule has 0 radical (unpaired) electrons. The number of fused-ring (bicyclic) bond motifs is 1. The average Bonchev–Trinajstić information content (AvgIpc) is 2.93. The number of aromatic carboxylic acids is 1. The van der Waals surface area contributed by atoms with Gasteiger partial charge in [0.1, 0.15) is 11.6 Å². The van der Waals surface area contributed by atoms with Gasteiger partial charge in [0.05, 0.1) is 12.2 Å². The Morgan fingerprint density at radius 3 is 3.10 bits per heavy atom. The number of anilines is 1. The third-order valence-electron chi connectivity index (χ3n) is 3.29. The van der Waals surface area contributed by atoms with E-state index in [1.807, 2.05) is 6.07 Å². The lowest BCUT2D eigenvalue weighted by Crippen LogP contribution is -2.05. The van der Waals surface area contributed by atoms with Crippen LogP contribution in [0.2, 0.25) is 0 Å². The fourth-order valence-electron chi connectivity index (χ4n) is 2.32. The van der Waals surface area contributed by atoms with Gasteiger partial charge in [-0.15, -0.1) is 0 Å². The monoisotopic (exact) mass is 348 g/mol. The lowest BCUT2D eigenvalue weighted by Gasteiger charge is -2.11. The number of carboxylic acids is 1. The Balaban J connectivity index is 1.79. The molecular formula is C15H13BrN2O3. The molecule has 0 atom stereocenters. The van der Waals surface area contributed by atoms with Crippen molar-refractivity contribution in [2.75, 3.05) is 11.9 Å². The Bertz CT molecular complexity index is 703. The number of rotatable bonds is 4. The third kappa shape index (κ3) is 3.00. The summed E-state index contributed by atoms with van der Waals surface area (Å²) in [4.78, 5) is 15.1. The maximum Gasteiger partial charge on any atom is 0.335 e. The normalized spacial score (nSPS) is 12.6. The summed E-state index contributed by atoms with van der Waals surface area (Å²) >= 11 is 3.50. The van der Waals surface area contributed by atoms with Crippen LogP contribution in [0.15, 0.2) is 34.9 Å². The van der Waals surface area contributed by atoms with Crippen molar-refractivity contribution in [1.29, 1.82) is 0 Å². The molecule has 1 aliphatic heterocycles. The highest BCUT2D eigenvalue weighted by Gasteiger charge is 2.17. The van der Waals surface area contributed by atoms with Gasteiger partial charge in [0.15, 0.2) is 0 Å². The molecule has 0 saturated carbocycles. The fraction of sp³-hybridized carbons (Fsp3) is 0.200. The van der Waals surface area contributed by atoms with Crippen molar-refractivity contribution in [2.24, 2.45) is 0 Å². The van der Waals surface area contributed by atoms with Crippen molar-refractivity contribution >= 4 is 27.7 Å². The summed E-state index contributed by atoms with van der Waals surface area (Å²) in [6.45, 7) is 1.23. The number of halogens is 1. The minimum Gasteiger partial charge on any atom is -0.493 e. The van der Waals surface area contributed by atoms with E-state index in [1.165, 1.54) is 23.9 Å². The molecule has 108 valence electrons. The molecule has 2 heterocycles. The Kier molecular flexibility index (Phi) is 3.79. The van der Waals surface area contributed by atoms with Crippen LogP contribution in [0.1, 0.15) is 21.5 Å². The van der Waals surface area contributed by atoms with Crippen molar-refractivity contribution in [3.05, 3.63) is 51.6 Å². The van der Waals surface area contributed by atoms with Crippen LogP contribution in [-0.4, -0.2) is 22.7 Å². The first kappa shape index (κ1) is 13.9. The largest absolute Gasteiger partial charge is 0.493 e. The van der Waals surface area contributed by atoms with E-state index in [2.05, 4.69) is 32.3 Å². The molecule has 0 bridgehead atoms. The quantitative estimate of drug-likeness (QED) is 0.888. The van der Waals surface area contributed by atoms with E-state index >= 15 is 0 Å². The zero-order valence-electron chi connectivity index (χ0n) is 11.1.